The Labute approximate surface area is 71.7 Å². The van der Waals surface area contributed by atoms with E-state index in [0.29, 0.717) is 5.41 Å². The Morgan fingerprint density at radius 3 is 2.00 bits per heavy atom. The van der Waals surface area contributed by atoms with Crippen LogP contribution in [0.25, 0.3) is 0 Å². The molecule has 0 aromatic rings. The molecule has 11 heavy (non-hydrogen) atoms. The Bertz CT molecular complexity index is 129. The van der Waals surface area contributed by atoms with Gasteiger partial charge >= 0.3 is 0 Å². The van der Waals surface area contributed by atoms with Gasteiger partial charge in [-0.3, -0.25) is 0 Å². The van der Waals surface area contributed by atoms with Crippen LogP contribution in [0.15, 0.2) is 11.6 Å². The van der Waals surface area contributed by atoms with Crippen molar-refractivity contribution in [3.05, 3.63) is 11.6 Å². The molecule has 0 radical (unpaired) electrons. The van der Waals surface area contributed by atoms with E-state index in [9.17, 15) is 0 Å². The van der Waals surface area contributed by atoms with Gasteiger partial charge in [-0.25, -0.2) is 0 Å². The first-order valence-electron chi connectivity index (χ1n) is 4.78. The molecular formula is C11H22. The van der Waals surface area contributed by atoms with Crippen LogP contribution in [0, 0.1) is 5.41 Å². The summed E-state index contributed by atoms with van der Waals surface area (Å²) in [5.74, 6) is 0. The number of allylic oxidation sites excluding steroid dienone is 2. The first-order chi connectivity index (χ1) is 5.08. The second kappa shape index (κ2) is 4.58. The van der Waals surface area contributed by atoms with Crippen molar-refractivity contribution < 1.29 is 0 Å². The Balaban J connectivity index is 4.36. The minimum absolute atomic E-state index is 0.421. The van der Waals surface area contributed by atoms with E-state index in [1.807, 2.05) is 0 Å². The minimum atomic E-state index is 0.421. The normalized spacial score (nSPS) is 13.7. The molecule has 0 amide bonds. The van der Waals surface area contributed by atoms with Gasteiger partial charge in [0.2, 0.25) is 0 Å². The molecule has 0 rings (SSSR count). The van der Waals surface area contributed by atoms with Crippen molar-refractivity contribution >= 4 is 0 Å². The van der Waals surface area contributed by atoms with Gasteiger partial charge in [0.15, 0.2) is 0 Å². The summed E-state index contributed by atoms with van der Waals surface area (Å²) in [5, 5.41) is 0. The maximum atomic E-state index is 2.38. The molecule has 0 atom stereocenters. The largest absolute Gasteiger partial charge is 0.0851 e. The highest BCUT2D eigenvalue weighted by atomic mass is 14.2. The van der Waals surface area contributed by atoms with E-state index in [1.54, 1.807) is 5.57 Å². The molecule has 0 heteroatoms. The monoisotopic (exact) mass is 154 g/mol. The molecule has 0 aliphatic carbocycles. The van der Waals surface area contributed by atoms with E-state index in [0.717, 1.165) is 0 Å². The summed E-state index contributed by atoms with van der Waals surface area (Å²) < 4.78 is 0. The molecule has 0 bridgehead atoms. The third-order valence-electron chi connectivity index (χ3n) is 2.58. The predicted molar refractivity (Wildman–Crippen MR) is 52.7 cm³/mol. The molecule has 0 saturated carbocycles. The van der Waals surface area contributed by atoms with Crippen LogP contribution in [-0.2, 0) is 0 Å². The SMILES string of the molecule is CC/C=C(\CC)C(C)(C)CC. The summed E-state index contributed by atoms with van der Waals surface area (Å²) in [6.45, 7) is 11.4. The van der Waals surface area contributed by atoms with Crippen molar-refractivity contribution in [3.8, 4) is 0 Å². The van der Waals surface area contributed by atoms with Crippen LogP contribution in [0.4, 0.5) is 0 Å². The standard InChI is InChI=1S/C11H22/c1-6-9-10(7-2)11(4,5)8-3/h9H,6-8H2,1-5H3/b10-9+. The van der Waals surface area contributed by atoms with Crippen molar-refractivity contribution in [2.45, 2.75) is 53.9 Å². The Kier molecular flexibility index (Phi) is 4.48. The molecule has 0 aliphatic rings. The Morgan fingerprint density at radius 1 is 1.18 bits per heavy atom. The third-order valence-corrected chi connectivity index (χ3v) is 2.58. The van der Waals surface area contributed by atoms with Crippen molar-refractivity contribution in [1.29, 1.82) is 0 Å². The molecule has 0 fully saturated rings. The lowest BCUT2D eigenvalue weighted by molar-refractivity contribution is 0.416. The molecule has 0 N–H and O–H groups in total. The van der Waals surface area contributed by atoms with Crippen LogP contribution in [0.2, 0.25) is 0 Å². The van der Waals surface area contributed by atoms with Gasteiger partial charge in [-0.05, 0) is 24.7 Å². The number of hydrogen-bond donors (Lipinski definition) is 0. The summed E-state index contributed by atoms with van der Waals surface area (Å²) in [7, 11) is 0. The zero-order valence-electron chi connectivity index (χ0n) is 8.70. The van der Waals surface area contributed by atoms with E-state index in [2.05, 4.69) is 40.7 Å². The van der Waals surface area contributed by atoms with Gasteiger partial charge in [-0.2, -0.15) is 0 Å². The van der Waals surface area contributed by atoms with E-state index >= 15 is 0 Å². The zero-order valence-corrected chi connectivity index (χ0v) is 8.70. The summed E-state index contributed by atoms with van der Waals surface area (Å²) in [6, 6.07) is 0. The van der Waals surface area contributed by atoms with Gasteiger partial charge in [0.1, 0.15) is 0 Å². The van der Waals surface area contributed by atoms with Crippen LogP contribution in [0.3, 0.4) is 0 Å². The lowest BCUT2D eigenvalue weighted by Crippen LogP contribution is -2.12. The fraction of sp³-hybridized carbons (Fsp3) is 0.818. The van der Waals surface area contributed by atoms with Crippen LogP contribution < -0.4 is 0 Å². The van der Waals surface area contributed by atoms with E-state index in [1.165, 1.54) is 19.3 Å². The summed E-state index contributed by atoms with van der Waals surface area (Å²) in [4.78, 5) is 0. The van der Waals surface area contributed by atoms with E-state index in [-0.39, 0.29) is 0 Å². The second-order valence-electron chi connectivity index (χ2n) is 3.73. The van der Waals surface area contributed by atoms with Gasteiger partial charge in [0.25, 0.3) is 0 Å². The highest BCUT2D eigenvalue weighted by Gasteiger charge is 2.18. The van der Waals surface area contributed by atoms with Crippen molar-refractivity contribution in [1.82, 2.24) is 0 Å². The predicted octanol–water partition coefficient (Wildman–Crippen LogP) is 4.17. The fourth-order valence-corrected chi connectivity index (χ4v) is 1.37. The number of rotatable bonds is 4. The molecule has 0 unspecified atom stereocenters. The third kappa shape index (κ3) is 3.09. The molecular weight excluding hydrogens is 132 g/mol. The minimum Gasteiger partial charge on any atom is -0.0851 e. The van der Waals surface area contributed by atoms with Crippen LogP contribution in [0.1, 0.15) is 53.9 Å². The average Bonchev–Trinajstić information content (AvgIpc) is 2.00. The molecule has 0 heterocycles. The van der Waals surface area contributed by atoms with Gasteiger partial charge in [0.05, 0.1) is 0 Å². The maximum absolute atomic E-state index is 2.38. The molecule has 66 valence electrons. The fourth-order valence-electron chi connectivity index (χ4n) is 1.37. The highest BCUT2D eigenvalue weighted by Crippen LogP contribution is 2.32. The molecule has 0 aromatic carbocycles. The molecule has 0 aromatic heterocycles. The highest BCUT2D eigenvalue weighted by molar-refractivity contribution is 5.10. The second-order valence-corrected chi connectivity index (χ2v) is 3.73. The van der Waals surface area contributed by atoms with Gasteiger partial charge < -0.3 is 0 Å². The Morgan fingerprint density at radius 2 is 1.73 bits per heavy atom. The van der Waals surface area contributed by atoms with Crippen LogP contribution >= 0.6 is 0 Å². The molecule has 0 aliphatic heterocycles. The van der Waals surface area contributed by atoms with Gasteiger partial charge in [0, 0.05) is 0 Å². The molecule has 0 saturated heterocycles. The smallest absolute Gasteiger partial charge is 0.0147 e. The zero-order chi connectivity index (χ0) is 8.91. The average molecular weight is 154 g/mol. The van der Waals surface area contributed by atoms with Crippen LogP contribution in [-0.4, -0.2) is 0 Å². The number of hydrogen-bond acceptors (Lipinski definition) is 0. The van der Waals surface area contributed by atoms with E-state index < -0.39 is 0 Å². The summed E-state index contributed by atoms with van der Waals surface area (Å²) in [6.07, 6.45) is 6.00. The van der Waals surface area contributed by atoms with Crippen molar-refractivity contribution in [2.24, 2.45) is 5.41 Å². The molecule has 0 nitrogen and oxygen atoms in total. The lowest BCUT2D eigenvalue weighted by Gasteiger charge is -2.26. The first kappa shape index (κ1) is 10.7. The Hall–Kier alpha value is -0.260. The lowest BCUT2D eigenvalue weighted by atomic mass is 9.80. The first-order valence-corrected chi connectivity index (χ1v) is 4.78. The van der Waals surface area contributed by atoms with Crippen molar-refractivity contribution in [3.63, 3.8) is 0 Å². The van der Waals surface area contributed by atoms with Crippen LogP contribution in [0.5, 0.6) is 0 Å². The van der Waals surface area contributed by atoms with Crippen molar-refractivity contribution in [2.75, 3.05) is 0 Å². The maximum Gasteiger partial charge on any atom is -0.0147 e. The summed E-state index contributed by atoms with van der Waals surface area (Å²) >= 11 is 0. The molecule has 0 spiro atoms. The van der Waals surface area contributed by atoms with E-state index in [4.69, 9.17) is 0 Å². The summed E-state index contributed by atoms with van der Waals surface area (Å²) in [5.41, 5.74) is 2.03. The topological polar surface area (TPSA) is 0 Å². The quantitative estimate of drug-likeness (QED) is 0.533. The van der Waals surface area contributed by atoms with Gasteiger partial charge in [-0.15, -0.1) is 0 Å². The van der Waals surface area contributed by atoms with Gasteiger partial charge in [-0.1, -0.05) is 46.3 Å².